The van der Waals surface area contributed by atoms with E-state index in [0.29, 0.717) is 18.8 Å². The zero-order valence-electron chi connectivity index (χ0n) is 11.9. The Balaban J connectivity index is 2.25. The summed E-state index contributed by atoms with van der Waals surface area (Å²) in [6.45, 7) is 9.22. The molecule has 1 fully saturated rings. The van der Waals surface area contributed by atoms with E-state index in [1.807, 2.05) is 13.0 Å². The van der Waals surface area contributed by atoms with Crippen molar-refractivity contribution in [3.63, 3.8) is 0 Å². The average Bonchev–Trinajstić information content (AvgIpc) is 2.41. The SMILES string of the molecule is Cc1ccc(F)c(C(N)C(C)(C)N2CCOCC2)c1. The van der Waals surface area contributed by atoms with Crippen LogP contribution in [0.25, 0.3) is 0 Å². The summed E-state index contributed by atoms with van der Waals surface area (Å²) in [6.07, 6.45) is 0. The fourth-order valence-electron chi connectivity index (χ4n) is 2.62. The van der Waals surface area contributed by atoms with Gasteiger partial charge in [-0.1, -0.05) is 17.7 Å². The molecule has 0 aromatic heterocycles. The largest absolute Gasteiger partial charge is 0.379 e. The lowest BCUT2D eigenvalue weighted by molar-refractivity contribution is -0.0194. The molecular weight excluding hydrogens is 243 g/mol. The fourth-order valence-corrected chi connectivity index (χ4v) is 2.62. The van der Waals surface area contributed by atoms with Crippen molar-refractivity contribution in [1.82, 2.24) is 4.90 Å². The first-order valence-electron chi connectivity index (χ1n) is 6.77. The first-order valence-corrected chi connectivity index (χ1v) is 6.77. The second kappa shape index (κ2) is 5.57. The van der Waals surface area contributed by atoms with Crippen molar-refractivity contribution in [3.05, 3.63) is 35.1 Å². The Labute approximate surface area is 114 Å². The molecule has 3 nitrogen and oxygen atoms in total. The number of ether oxygens (including phenoxy) is 1. The molecule has 1 saturated heterocycles. The second-order valence-electron chi connectivity index (χ2n) is 5.76. The number of nitrogens with zero attached hydrogens (tertiary/aromatic N) is 1. The lowest BCUT2D eigenvalue weighted by Crippen LogP contribution is -2.55. The van der Waals surface area contributed by atoms with E-state index >= 15 is 0 Å². The van der Waals surface area contributed by atoms with Crippen LogP contribution >= 0.6 is 0 Å². The molecule has 4 heteroatoms. The highest BCUT2D eigenvalue weighted by atomic mass is 19.1. The van der Waals surface area contributed by atoms with Gasteiger partial charge in [0, 0.05) is 24.2 Å². The lowest BCUT2D eigenvalue weighted by Gasteiger charge is -2.44. The fraction of sp³-hybridized carbons (Fsp3) is 0.600. The van der Waals surface area contributed by atoms with Crippen LogP contribution in [0.15, 0.2) is 18.2 Å². The van der Waals surface area contributed by atoms with Crippen molar-refractivity contribution in [2.75, 3.05) is 26.3 Å². The lowest BCUT2D eigenvalue weighted by atomic mass is 9.86. The zero-order valence-corrected chi connectivity index (χ0v) is 11.9. The van der Waals surface area contributed by atoms with Crippen LogP contribution in [0.1, 0.15) is 31.0 Å². The van der Waals surface area contributed by atoms with Gasteiger partial charge in [0.15, 0.2) is 0 Å². The zero-order chi connectivity index (χ0) is 14.0. The van der Waals surface area contributed by atoms with Gasteiger partial charge in [-0.3, -0.25) is 4.90 Å². The first-order chi connectivity index (χ1) is 8.93. The molecule has 0 aliphatic carbocycles. The van der Waals surface area contributed by atoms with E-state index in [1.54, 1.807) is 6.07 Å². The molecule has 0 saturated carbocycles. The monoisotopic (exact) mass is 266 g/mol. The van der Waals surface area contributed by atoms with Gasteiger partial charge in [-0.2, -0.15) is 0 Å². The molecule has 1 aliphatic rings. The number of hydrogen-bond acceptors (Lipinski definition) is 3. The van der Waals surface area contributed by atoms with Crippen LogP contribution < -0.4 is 5.73 Å². The minimum atomic E-state index is -0.356. The van der Waals surface area contributed by atoms with Crippen molar-refractivity contribution in [2.45, 2.75) is 32.4 Å². The number of nitrogens with two attached hydrogens (primary N) is 1. The topological polar surface area (TPSA) is 38.5 Å². The molecule has 106 valence electrons. The van der Waals surface area contributed by atoms with E-state index < -0.39 is 0 Å². The predicted octanol–water partition coefficient (Wildman–Crippen LogP) is 2.24. The molecule has 1 aromatic carbocycles. The van der Waals surface area contributed by atoms with Gasteiger partial charge in [0.05, 0.1) is 19.3 Å². The summed E-state index contributed by atoms with van der Waals surface area (Å²) in [7, 11) is 0. The van der Waals surface area contributed by atoms with Crippen molar-refractivity contribution in [1.29, 1.82) is 0 Å². The van der Waals surface area contributed by atoms with E-state index in [9.17, 15) is 4.39 Å². The van der Waals surface area contributed by atoms with Crippen molar-refractivity contribution >= 4 is 0 Å². The summed E-state index contributed by atoms with van der Waals surface area (Å²) in [6, 6.07) is 4.76. The minimum absolute atomic E-state index is 0.223. The third kappa shape index (κ3) is 2.96. The summed E-state index contributed by atoms with van der Waals surface area (Å²) < 4.78 is 19.4. The van der Waals surface area contributed by atoms with Crippen LogP contribution in [0.4, 0.5) is 4.39 Å². The molecule has 0 radical (unpaired) electrons. The molecule has 1 aliphatic heterocycles. The molecule has 2 N–H and O–H groups in total. The van der Waals surface area contributed by atoms with Crippen LogP contribution in [0.5, 0.6) is 0 Å². The van der Waals surface area contributed by atoms with E-state index in [2.05, 4.69) is 18.7 Å². The summed E-state index contributed by atoms with van der Waals surface area (Å²) >= 11 is 0. The third-order valence-corrected chi connectivity index (χ3v) is 4.07. The number of morpholine rings is 1. The van der Waals surface area contributed by atoms with E-state index in [1.165, 1.54) is 6.07 Å². The van der Waals surface area contributed by atoms with Gasteiger partial charge >= 0.3 is 0 Å². The molecule has 1 atom stereocenters. The maximum atomic E-state index is 14.0. The van der Waals surface area contributed by atoms with Crippen LogP contribution in [0.2, 0.25) is 0 Å². The smallest absolute Gasteiger partial charge is 0.128 e. The Morgan fingerprint density at radius 1 is 1.32 bits per heavy atom. The number of rotatable bonds is 3. The van der Waals surface area contributed by atoms with Crippen LogP contribution in [0, 0.1) is 12.7 Å². The second-order valence-corrected chi connectivity index (χ2v) is 5.76. The molecule has 1 unspecified atom stereocenters. The highest BCUT2D eigenvalue weighted by molar-refractivity contribution is 5.29. The van der Waals surface area contributed by atoms with Crippen LogP contribution in [-0.4, -0.2) is 36.7 Å². The van der Waals surface area contributed by atoms with Crippen LogP contribution in [0.3, 0.4) is 0 Å². The molecule has 2 rings (SSSR count). The number of aryl methyl sites for hydroxylation is 1. The van der Waals surface area contributed by atoms with E-state index in [0.717, 1.165) is 18.7 Å². The first kappa shape index (κ1) is 14.4. The average molecular weight is 266 g/mol. The number of halogens is 1. The van der Waals surface area contributed by atoms with E-state index in [-0.39, 0.29) is 17.4 Å². The Kier molecular flexibility index (Phi) is 4.23. The van der Waals surface area contributed by atoms with Crippen LogP contribution in [-0.2, 0) is 4.74 Å². The molecule has 19 heavy (non-hydrogen) atoms. The Morgan fingerprint density at radius 3 is 2.58 bits per heavy atom. The molecular formula is C15H23FN2O. The normalized spacial score (nSPS) is 19.4. The van der Waals surface area contributed by atoms with Gasteiger partial charge in [-0.05, 0) is 26.8 Å². The van der Waals surface area contributed by atoms with Crippen molar-refractivity contribution in [2.24, 2.45) is 5.73 Å². The van der Waals surface area contributed by atoms with Gasteiger partial charge < -0.3 is 10.5 Å². The Bertz CT molecular complexity index is 442. The molecule has 0 spiro atoms. The molecule has 1 aromatic rings. The van der Waals surface area contributed by atoms with E-state index in [4.69, 9.17) is 10.5 Å². The maximum Gasteiger partial charge on any atom is 0.128 e. The molecule has 1 heterocycles. The predicted molar refractivity (Wildman–Crippen MR) is 74.5 cm³/mol. The van der Waals surface area contributed by atoms with Gasteiger partial charge in [0.25, 0.3) is 0 Å². The third-order valence-electron chi connectivity index (χ3n) is 4.07. The van der Waals surface area contributed by atoms with Gasteiger partial charge in [0.2, 0.25) is 0 Å². The highest BCUT2D eigenvalue weighted by Crippen LogP contribution is 2.31. The van der Waals surface area contributed by atoms with Crippen molar-refractivity contribution < 1.29 is 9.13 Å². The molecule has 0 amide bonds. The highest BCUT2D eigenvalue weighted by Gasteiger charge is 2.36. The van der Waals surface area contributed by atoms with Gasteiger partial charge in [-0.25, -0.2) is 4.39 Å². The Morgan fingerprint density at radius 2 is 1.95 bits per heavy atom. The number of hydrogen-bond donors (Lipinski definition) is 1. The quantitative estimate of drug-likeness (QED) is 0.912. The summed E-state index contributed by atoms with van der Waals surface area (Å²) in [5.74, 6) is -0.223. The molecule has 0 bridgehead atoms. The summed E-state index contributed by atoms with van der Waals surface area (Å²) in [4.78, 5) is 2.28. The Hall–Kier alpha value is -0.970. The summed E-state index contributed by atoms with van der Waals surface area (Å²) in [5, 5.41) is 0. The standard InChI is InChI=1S/C15H23FN2O/c1-11-4-5-13(16)12(10-11)14(17)15(2,3)18-6-8-19-9-7-18/h4-5,10,14H,6-9,17H2,1-3H3. The minimum Gasteiger partial charge on any atom is -0.379 e. The maximum absolute atomic E-state index is 14.0. The van der Waals surface area contributed by atoms with Gasteiger partial charge in [-0.15, -0.1) is 0 Å². The van der Waals surface area contributed by atoms with Crippen molar-refractivity contribution in [3.8, 4) is 0 Å². The number of benzene rings is 1. The summed E-state index contributed by atoms with van der Waals surface area (Å²) in [5.41, 5.74) is 7.68. The van der Waals surface area contributed by atoms with Gasteiger partial charge in [0.1, 0.15) is 5.82 Å².